The molecular weight excluding hydrogens is 340 g/mol. The van der Waals surface area contributed by atoms with Crippen molar-refractivity contribution in [3.63, 3.8) is 0 Å². The third-order valence-corrected chi connectivity index (χ3v) is 9.96. The quantitative estimate of drug-likeness (QED) is 0.688. The summed E-state index contributed by atoms with van der Waals surface area (Å²) in [7, 11) is 0. The molecule has 150 valence electrons. The molecular formula is C23H34O4. The molecule has 5 aliphatic rings. The molecule has 1 heterocycles. The minimum absolute atomic E-state index is 0.126. The van der Waals surface area contributed by atoms with Crippen molar-refractivity contribution in [2.75, 3.05) is 6.61 Å². The molecule has 27 heavy (non-hydrogen) atoms. The summed E-state index contributed by atoms with van der Waals surface area (Å²) in [6.45, 7) is 5.15. The standard InChI is InChI=1S/C23H34O4/c1-21-8-5-16(24)12-15(21)3-4-19-18(21)6-9-22(2)17(7-10-23(19,22)26)14-11-20(25)27-13-14/h11,15-19,24,26H,3-10,12-13H2,1-2H3/t15?,16-,17+,18-,19+,21-,22+,23-/m0/s1. The number of ether oxygens (including phenoxy) is 1. The van der Waals surface area contributed by atoms with Crippen molar-refractivity contribution in [3.8, 4) is 0 Å². The predicted molar refractivity (Wildman–Crippen MR) is 102 cm³/mol. The van der Waals surface area contributed by atoms with E-state index < -0.39 is 5.60 Å². The summed E-state index contributed by atoms with van der Waals surface area (Å²) in [5, 5.41) is 22.3. The summed E-state index contributed by atoms with van der Waals surface area (Å²) in [6, 6.07) is 0. The molecule has 2 N–H and O–H groups in total. The molecule has 5 rings (SSSR count). The lowest BCUT2D eigenvalue weighted by atomic mass is 9.43. The smallest absolute Gasteiger partial charge is 0.331 e. The molecule has 8 atom stereocenters. The summed E-state index contributed by atoms with van der Waals surface area (Å²) in [6.07, 6.45) is 10.8. The van der Waals surface area contributed by atoms with E-state index in [1.807, 2.05) is 0 Å². The Morgan fingerprint density at radius 2 is 1.85 bits per heavy atom. The molecule has 0 aromatic carbocycles. The molecule has 0 amide bonds. The number of fused-ring (bicyclic) bond motifs is 5. The van der Waals surface area contributed by atoms with Crippen LogP contribution < -0.4 is 0 Å². The van der Waals surface area contributed by atoms with Gasteiger partial charge in [-0.05, 0) is 92.4 Å². The highest BCUT2D eigenvalue weighted by Crippen LogP contribution is 2.69. The Balaban J connectivity index is 1.47. The second-order valence-electron chi connectivity index (χ2n) is 10.7. The number of hydrogen-bond donors (Lipinski definition) is 2. The molecule has 4 aliphatic carbocycles. The minimum atomic E-state index is -0.628. The van der Waals surface area contributed by atoms with Gasteiger partial charge in [-0.15, -0.1) is 0 Å². The second kappa shape index (κ2) is 5.82. The summed E-state index contributed by atoms with van der Waals surface area (Å²) >= 11 is 0. The van der Waals surface area contributed by atoms with Crippen LogP contribution in [-0.2, 0) is 9.53 Å². The normalized spacial score (nSPS) is 54.6. The van der Waals surface area contributed by atoms with Gasteiger partial charge in [0.2, 0.25) is 0 Å². The first-order valence-electron chi connectivity index (χ1n) is 11.1. The highest BCUT2D eigenvalue weighted by molar-refractivity contribution is 5.85. The number of esters is 1. The molecule has 4 fully saturated rings. The Morgan fingerprint density at radius 1 is 1.04 bits per heavy atom. The van der Waals surface area contributed by atoms with Crippen LogP contribution in [0.4, 0.5) is 0 Å². The molecule has 4 heteroatoms. The fourth-order valence-electron chi connectivity index (χ4n) is 8.39. The van der Waals surface area contributed by atoms with Crippen LogP contribution in [0.25, 0.3) is 0 Å². The van der Waals surface area contributed by atoms with E-state index in [9.17, 15) is 15.0 Å². The number of hydrogen-bond acceptors (Lipinski definition) is 4. The van der Waals surface area contributed by atoms with Crippen molar-refractivity contribution >= 4 is 5.97 Å². The summed E-state index contributed by atoms with van der Waals surface area (Å²) < 4.78 is 5.20. The van der Waals surface area contributed by atoms with Crippen LogP contribution in [-0.4, -0.2) is 34.5 Å². The Hall–Kier alpha value is -0.870. The summed E-state index contributed by atoms with van der Waals surface area (Å²) in [4.78, 5) is 11.6. The Morgan fingerprint density at radius 3 is 2.59 bits per heavy atom. The molecule has 0 saturated heterocycles. The van der Waals surface area contributed by atoms with Crippen molar-refractivity contribution in [2.24, 2.45) is 34.5 Å². The summed E-state index contributed by atoms with van der Waals surface area (Å²) in [5.74, 6) is 1.59. The average molecular weight is 375 g/mol. The molecule has 4 saturated carbocycles. The Kier molecular flexibility index (Phi) is 3.92. The van der Waals surface area contributed by atoms with Gasteiger partial charge >= 0.3 is 5.97 Å². The Labute approximate surface area is 162 Å². The number of carbonyl (C=O) groups is 1. The zero-order chi connectivity index (χ0) is 19.0. The van der Waals surface area contributed by atoms with Gasteiger partial charge in [0, 0.05) is 11.5 Å². The maximum Gasteiger partial charge on any atom is 0.331 e. The van der Waals surface area contributed by atoms with Gasteiger partial charge in [0.05, 0.1) is 11.7 Å². The third kappa shape index (κ3) is 2.32. The van der Waals surface area contributed by atoms with Gasteiger partial charge in [0.15, 0.2) is 0 Å². The van der Waals surface area contributed by atoms with Gasteiger partial charge in [-0.25, -0.2) is 4.79 Å². The van der Waals surface area contributed by atoms with E-state index in [1.54, 1.807) is 6.08 Å². The number of aliphatic hydroxyl groups is 2. The van der Waals surface area contributed by atoms with Gasteiger partial charge in [0.25, 0.3) is 0 Å². The van der Waals surface area contributed by atoms with Crippen LogP contribution in [0.1, 0.15) is 71.6 Å². The molecule has 0 spiro atoms. The second-order valence-corrected chi connectivity index (χ2v) is 10.7. The molecule has 0 aromatic rings. The van der Waals surface area contributed by atoms with E-state index in [2.05, 4.69) is 13.8 Å². The topological polar surface area (TPSA) is 66.8 Å². The summed E-state index contributed by atoms with van der Waals surface area (Å²) in [5.41, 5.74) is 0.600. The molecule has 0 radical (unpaired) electrons. The van der Waals surface area contributed by atoms with E-state index in [0.29, 0.717) is 24.4 Å². The van der Waals surface area contributed by atoms with Crippen molar-refractivity contribution in [1.82, 2.24) is 0 Å². The highest BCUT2D eigenvalue weighted by Gasteiger charge is 2.67. The first-order chi connectivity index (χ1) is 12.8. The fraction of sp³-hybridized carbons (Fsp3) is 0.870. The largest absolute Gasteiger partial charge is 0.458 e. The van der Waals surface area contributed by atoms with Crippen molar-refractivity contribution in [3.05, 3.63) is 11.6 Å². The third-order valence-electron chi connectivity index (χ3n) is 9.96. The predicted octanol–water partition coefficient (Wildman–Crippen LogP) is 3.60. The average Bonchev–Trinajstić information content (AvgIpc) is 3.16. The van der Waals surface area contributed by atoms with E-state index in [1.165, 1.54) is 6.42 Å². The number of aliphatic hydroxyl groups excluding tert-OH is 1. The van der Waals surface area contributed by atoms with Crippen LogP contribution in [0.15, 0.2) is 11.6 Å². The minimum Gasteiger partial charge on any atom is -0.458 e. The fourth-order valence-corrected chi connectivity index (χ4v) is 8.39. The number of carbonyl (C=O) groups excluding carboxylic acids is 1. The van der Waals surface area contributed by atoms with Crippen molar-refractivity contribution in [1.29, 1.82) is 0 Å². The molecule has 1 unspecified atom stereocenters. The molecule has 0 bridgehead atoms. The molecule has 1 aliphatic heterocycles. The molecule has 4 nitrogen and oxygen atoms in total. The number of cyclic esters (lactones) is 1. The van der Waals surface area contributed by atoms with Crippen LogP contribution in [0.5, 0.6) is 0 Å². The lowest BCUT2D eigenvalue weighted by Crippen LogP contribution is -2.62. The maximum atomic E-state index is 12.1. The first-order valence-corrected chi connectivity index (χ1v) is 11.1. The van der Waals surface area contributed by atoms with Crippen molar-refractivity contribution < 1.29 is 19.7 Å². The van der Waals surface area contributed by atoms with Gasteiger partial charge in [0.1, 0.15) is 6.61 Å². The van der Waals surface area contributed by atoms with Gasteiger partial charge in [-0.3, -0.25) is 0 Å². The zero-order valence-corrected chi connectivity index (χ0v) is 16.7. The van der Waals surface area contributed by atoms with Crippen LogP contribution in [0, 0.1) is 34.5 Å². The van der Waals surface area contributed by atoms with Crippen LogP contribution in [0.3, 0.4) is 0 Å². The van der Waals surface area contributed by atoms with Crippen LogP contribution >= 0.6 is 0 Å². The molecule has 0 aromatic heterocycles. The first kappa shape index (κ1) is 18.2. The lowest BCUT2D eigenvalue weighted by molar-refractivity contribution is -0.208. The maximum absolute atomic E-state index is 12.1. The van der Waals surface area contributed by atoms with E-state index in [-0.39, 0.29) is 28.8 Å². The van der Waals surface area contributed by atoms with Gasteiger partial charge in [-0.2, -0.15) is 0 Å². The monoisotopic (exact) mass is 374 g/mol. The van der Waals surface area contributed by atoms with E-state index >= 15 is 0 Å². The highest BCUT2D eigenvalue weighted by atomic mass is 16.5. The van der Waals surface area contributed by atoms with E-state index in [0.717, 1.165) is 56.9 Å². The van der Waals surface area contributed by atoms with Crippen molar-refractivity contribution in [2.45, 2.75) is 83.3 Å². The van der Waals surface area contributed by atoms with Gasteiger partial charge in [-0.1, -0.05) is 13.8 Å². The zero-order valence-electron chi connectivity index (χ0n) is 16.7. The number of rotatable bonds is 1. The SMILES string of the molecule is C[C@]12CC[C@H](O)CC1CC[C@@H]1[C@@H]2CC[C@]2(C)[C@@H](C3=CC(=O)OC3)CC[C@]12O. The van der Waals surface area contributed by atoms with E-state index in [4.69, 9.17) is 4.74 Å². The van der Waals surface area contributed by atoms with Gasteiger partial charge < -0.3 is 14.9 Å². The van der Waals surface area contributed by atoms with Crippen LogP contribution in [0.2, 0.25) is 0 Å². The lowest BCUT2D eigenvalue weighted by Gasteiger charge is -2.63. The Bertz CT molecular complexity index is 686.